The Kier molecular flexibility index (Phi) is 3.30. The molecular formula is C10H21FN2. The van der Waals surface area contributed by atoms with Gasteiger partial charge in [0.05, 0.1) is 0 Å². The third-order valence-corrected chi connectivity index (χ3v) is 3.55. The van der Waals surface area contributed by atoms with Crippen molar-refractivity contribution in [3.05, 3.63) is 0 Å². The number of nitrogens with two attached hydrogens (primary N) is 1. The molecule has 1 heterocycles. The van der Waals surface area contributed by atoms with Crippen molar-refractivity contribution < 1.29 is 4.39 Å². The molecular weight excluding hydrogens is 167 g/mol. The van der Waals surface area contributed by atoms with Crippen molar-refractivity contribution in [2.75, 3.05) is 13.1 Å². The average Bonchev–Trinajstić information content (AvgIpc) is 2.50. The van der Waals surface area contributed by atoms with Crippen LogP contribution in [0.1, 0.15) is 33.6 Å². The van der Waals surface area contributed by atoms with E-state index in [-0.39, 0.29) is 11.6 Å². The lowest BCUT2D eigenvalue weighted by atomic mass is 9.89. The molecule has 0 radical (unpaired) electrons. The Labute approximate surface area is 80.3 Å². The van der Waals surface area contributed by atoms with E-state index in [0.717, 1.165) is 13.0 Å². The monoisotopic (exact) mass is 188 g/mol. The van der Waals surface area contributed by atoms with E-state index in [0.29, 0.717) is 13.0 Å². The Morgan fingerprint density at radius 1 is 1.69 bits per heavy atom. The molecule has 0 aromatic carbocycles. The number of rotatable bonds is 3. The van der Waals surface area contributed by atoms with Crippen LogP contribution in [0.15, 0.2) is 0 Å². The van der Waals surface area contributed by atoms with E-state index >= 15 is 0 Å². The lowest BCUT2D eigenvalue weighted by molar-refractivity contribution is 0.0983. The number of likely N-dealkylation sites (tertiary alicyclic amines) is 1. The second-order valence-corrected chi connectivity index (χ2v) is 4.33. The fourth-order valence-corrected chi connectivity index (χ4v) is 2.02. The van der Waals surface area contributed by atoms with E-state index in [1.165, 1.54) is 0 Å². The van der Waals surface area contributed by atoms with Gasteiger partial charge < -0.3 is 5.73 Å². The molecule has 1 aliphatic rings. The van der Waals surface area contributed by atoms with Gasteiger partial charge >= 0.3 is 0 Å². The van der Waals surface area contributed by atoms with E-state index in [1.54, 1.807) is 0 Å². The summed E-state index contributed by atoms with van der Waals surface area (Å²) in [6.07, 6.45) is 1.00. The summed E-state index contributed by atoms with van der Waals surface area (Å²) in [7, 11) is 0. The maximum absolute atomic E-state index is 13.0. The number of nitrogens with zero attached hydrogens (tertiary/aromatic N) is 1. The van der Waals surface area contributed by atoms with Gasteiger partial charge in [-0.25, -0.2) is 4.39 Å². The summed E-state index contributed by atoms with van der Waals surface area (Å²) in [5, 5.41) is 0. The quantitative estimate of drug-likeness (QED) is 0.728. The molecule has 0 saturated carbocycles. The minimum Gasteiger partial charge on any atom is -0.326 e. The SMILES string of the molecule is CCC(C)(C(C)N)N1CCC(F)C1. The standard InChI is InChI=1S/C10H21FN2/c1-4-10(3,8(2)12)13-6-5-9(11)7-13/h8-9H,4-7,12H2,1-3H3. The molecule has 13 heavy (non-hydrogen) atoms. The predicted molar refractivity (Wildman–Crippen MR) is 53.4 cm³/mol. The van der Waals surface area contributed by atoms with Crippen LogP contribution in [0.5, 0.6) is 0 Å². The first-order chi connectivity index (χ1) is 6.00. The molecule has 3 heteroatoms. The summed E-state index contributed by atoms with van der Waals surface area (Å²) in [6, 6.07) is 0.0998. The fraction of sp³-hybridized carbons (Fsp3) is 1.00. The molecule has 78 valence electrons. The lowest BCUT2D eigenvalue weighted by Crippen LogP contribution is -2.55. The Balaban J connectivity index is 2.66. The van der Waals surface area contributed by atoms with Gasteiger partial charge in [0.2, 0.25) is 0 Å². The Hall–Kier alpha value is -0.150. The molecule has 1 aliphatic heterocycles. The summed E-state index contributed by atoms with van der Waals surface area (Å²) in [5.41, 5.74) is 5.92. The van der Waals surface area contributed by atoms with Crippen LogP contribution >= 0.6 is 0 Å². The molecule has 3 atom stereocenters. The molecule has 0 aromatic rings. The molecule has 1 fully saturated rings. The van der Waals surface area contributed by atoms with E-state index in [1.807, 2.05) is 6.92 Å². The first-order valence-electron chi connectivity index (χ1n) is 5.15. The third kappa shape index (κ3) is 2.02. The summed E-state index contributed by atoms with van der Waals surface area (Å²) < 4.78 is 13.0. The minimum atomic E-state index is -0.648. The van der Waals surface area contributed by atoms with Crippen molar-refractivity contribution in [1.29, 1.82) is 0 Å². The van der Waals surface area contributed by atoms with Crippen LogP contribution < -0.4 is 5.73 Å². The first kappa shape index (κ1) is 10.9. The van der Waals surface area contributed by atoms with Gasteiger partial charge in [0.25, 0.3) is 0 Å². The molecule has 0 aromatic heterocycles. The van der Waals surface area contributed by atoms with Crippen LogP contribution in [0.2, 0.25) is 0 Å². The topological polar surface area (TPSA) is 29.3 Å². The maximum atomic E-state index is 13.0. The van der Waals surface area contributed by atoms with Crippen LogP contribution in [-0.2, 0) is 0 Å². The molecule has 1 saturated heterocycles. The predicted octanol–water partition coefficient (Wildman–Crippen LogP) is 1.55. The fourth-order valence-electron chi connectivity index (χ4n) is 2.02. The normalized spacial score (nSPS) is 31.6. The highest BCUT2D eigenvalue weighted by molar-refractivity contribution is 4.95. The van der Waals surface area contributed by atoms with Crippen LogP contribution in [0.25, 0.3) is 0 Å². The highest BCUT2D eigenvalue weighted by Gasteiger charge is 2.38. The molecule has 0 amide bonds. The van der Waals surface area contributed by atoms with E-state index in [4.69, 9.17) is 5.73 Å². The van der Waals surface area contributed by atoms with E-state index < -0.39 is 6.17 Å². The van der Waals surface area contributed by atoms with Crippen molar-refractivity contribution in [3.8, 4) is 0 Å². The molecule has 3 unspecified atom stereocenters. The Bertz CT molecular complexity index is 172. The second kappa shape index (κ2) is 3.93. The van der Waals surface area contributed by atoms with Crippen LogP contribution in [0.3, 0.4) is 0 Å². The Morgan fingerprint density at radius 2 is 2.31 bits per heavy atom. The zero-order valence-electron chi connectivity index (χ0n) is 8.89. The lowest BCUT2D eigenvalue weighted by Gasteiger charge is -2.41. The molecule has 0 bridgehead atoms. The van der Waals surface area contributed by atoms with E-state index in [2.05, 4.69) is 18.7 Å². The van der Waals surface area contributed by atoms with Crippen LogP contribution in [-0.4, -0.2) is 35.7 Å². The van der Waals surface area contributed by atoms with Gasteiger partial charge in [-0.05, 0) is 26.7 Å². The number of hydrogen-bond acceptors (Lipinski definition) is 2. The van der Waals surface area contributed by atoms with Crippen LogP contribution in [0, 0.1) is 0 Å². The highest BCUT2D eigenvalue weighted by atomic mass is 19.1. The summed E-state index contributed by atoms with van der Waals surface area (Å²) in [6.45, 7) is 7.68. The average molecular weight is 188 g/mol. The third-order valence-electron chi connectivity index (χ3n) is 3.55. The molecule has 0 aliphatic carbocycles. The molecule has 2 N–H and O–H groups in total. The number of hydrogen-bond donors (Lipinski definition) is 1. The largest absolute Gasteiger partial charge is 0.326 e. The van der Waals surface area contributed by atoms with Crippen molar-refractivity contribution in [1.82, 2.24) is 4.90 Å². The number of alkyl halides is 1. The van der Waals surface area contributed by atoms with E-state index in [9.17, 15) is 4.39 Å². The van der Waals surface area contributed by atoms with Gasteiger partial charge in [0.1, 0.15) is 6.17 Å². The van der Waals surface area contributed by atoms with Gasteiger partial charge in [-0.2, -0.15) is 0 Å². The van der Waals surface area contributed by atoms with Gasteiger partial charge in [-0.3, -0.25) is 4.90 Å². The zero-order valence-corrected chi connectivity index (χ0v) is 8.89. The summed E-state index contributed by atoms with van der Waals surface area (Å²) in [4.78, 5) is 2.20. The van der Waals surface area contributed by atoms with Crippen LogP contribution in [0.4, 0.5) is 4.39 Å². The highest BCUT2D eigenvalue weighted by Crippen LogP contribution is 2.27. The molecule has 0 spiro atoms. The van der Waals surface area contributed by atoms with Crippen molar-refractivity contribution >= 4 is 0 Å². The van der Waals surface area contributed by atoms with Gasteiger partial charge in [0, 0.05) is 24.7 Å². The Morgan fingerprint density at radius 3 is 2.62 bits per heavy atom. The van der Waals surface area contributed by atoms with Gasteiger partial charge in [-0.1, -0.05) is 6.92 Å². The summed E-state index contributed by atoms with van der Waals surface area (Å²) in [5.74, 6) is 0. The molecule has 1 rings (SSSR count). The number of halogens is 1. The zero-order chi connectivity index (χ0) is 10.1. The smallest absolute Gasteiger partial charge is 0.114 e. The second-order valence-electron chi connectivity index (χ2n) is 4.33. The molecule has 2 nitrogen and oxygen atoms in total. The van der Waals surface area contributed by atoms with Crippen molar-refractivity contribution in [2.45, 2.75) is 51.4 Å². The van der Waals surface area contributed by atoms with Crippen molar-refractivity contribution in [3.63, 3.8) is 0 Å². The summed E-state index contributed by atoms with van der Waals surface area (Å²) >= 11 is 0. The maximum Gasteiger partial charge on any atom is 0.114 e. The van der Waals surface area contributed by atoms with Gasteiger partial charge in [-0.15, -0.1) is 0 Å². The van der Waals surface area contributed by atoms with Gasteiger partial charge in [0.15, 0.2) is 0 Å². The first-order valence-corrected chi connectivity index (χ1v) is 5.15. The van der Waals surface area contributed by atoms with Crippen molar-refractivity contribution in [2.24, 2.45) is 5.73 Å². The minimum absolute atomic E-state index is 0.0269.